The van der Waals surface area contributed by atoms with Crippen LogP contribution in [-0.2, 0) is 9.53 Å². The third-order valence-corrected chi connectivity index (χ3v) is 3.51. The van der Waals surface area contributed by atoms with Gasteiger partial charge >= 0.3 is 0 Å². The first-order chi connectivity index (χ1) is 9.54. The quantitative estimate of drug-likeness (QED) is 0.728. The molecule has 1 aromatic rings. The lowest BCUT2D eigenvalue weighted by atomic mass is 9.90. The Hall–Kier alpha value is -2.27. The largest absolute Gasteiger partial charge is 0.512 e. The number of aliphatic hydroxyl groups is 2. The molecule has 104 valence electrons. The Balaban J connectivity index is 1.95. The fourth-order valence-corrected chi connectivity index (χ4v) is 2.53. The maximum Gasteiger partial charge on any atom is 0.162 e. The SMILES string of the molecule is O=C1C=C2OC(c3ccc(O)cc3)CC(O)=C2C(O)C1. The van der Waals surface area contributed by atoms with Gasteiger partial charge in [0, 0.05) is 18.9 Å². The van der Waals surface area contributed by atoms with Crippen molar-refractivity contribution in [3.8, 4) is 5.75 Å². The summed E-state index contributed by atoms with van der Waals surface area (Å²) in [6.45, 7) is 0. The Bertz CT molecular complexity index is 612. The van der Waals surface area contributed by atoms with Gasteiger partial charge in [-0.25, -0.2) is 0 Å². The van der Waals surface area contributed by atoms with Crippen LogP contribution in [0.25, 0.3) is 0 Å². The lowest BCUT2D eigenvalue weighted by Crippen LogP contribution is -2.28. The van der Waals surface area contributed by atoms with Crippen LogP contribution in [0.3, 0.4) is 0 Å². The molecule has 0 amide bonds. The monoisotopic (exact) mass is 274 g/mol. The molecule has 5 nitrogen and oxygen atoms in total. The molecule has 2 atom stereocenters. The van der Waals surface area contributed by atoms with Crippen molar-refractivity contribution in [2.45, 2.75) is 25.0 Å². The molecule has 2 aliphatic rings. The van der Waals surface area contributed by atoms with Gasteiger partial charge in [-0.05, 0) is 17.7 Å². The van der Waals surface area contributed by atoms with Crippen LogP contribution < -0.4 is 0 Å². The standard InChI is InChI=1S/C15H14O5/c16-9-3-1-8(2-4-9)13-7-12(19)15-11(18)5-10(17)6-14(15)20-13/h1-4,6,11,13,16,18-19H,5,7H2. The summed E-state index contributed by atoms with van der Waals surface area (Å²) in [6, 6.07) is 6.45. The average Bonchev–Trinajstić information content (AvgIpc) is 2.38. The highest BCUT2D eigenvalue weighted by molar-refractivity contribution is 5.93. The van der Waals surface area contributed by atoms with E-state index >= 15 is 0 Å². The third kappa shape index (κ3) is 2.16. The number of rotatable bonds is 1. The number of phenolic OH excluding ortho intramolecular Hbond substituents is 1. The molecular weight excluding hydrogens is 260 g/mol. The normalized spacial score (nSPS) is 25.9. The first-order valence-electron chi connectivity index (χ1n) is 6.35. The summed E-state index contributed by atoms with van der Waals surface area (Å²) in [7, 11) is 0. The minimum atomic E-state index is -1.01. The van der Waals surface area contributed by atoms with E-state index in [4.69, 9.17) is 4.74 Å². The minimum absolute atomic E-state index is 0.0316. The van der Waals surface area contributed by atoms with E-state index in [2.05, 4.69) is 0 Å². The minimum Gasteiger partial charge on any atom is -0.512 e. The van der Waals surface area contributed by atoms with Crippen molar-refractivity contribution in [3.63, 3.8) is 0 Å². The third-order valence-electron chi connectivity index (χ3n) is 3.51. The summed E-state index contributed by atoms with van der Waals surface area (Å²) in [6.07, 6.45) is 0.0518. The van der Waals surface area contributed by atoms with Crippen LogP contribution in [0, 0.1) is 0 Å². The van der Waals surface area contributed by atoms with Crippen LogP contribution in [0.5, 0.6) is 5.75 Å². The molecule has 0 saturated carbocycles. The first-order valence-corrected chi connectivity index (χ1v) is 6.35. The fraction of sp³-hybridized carbons (Fsp3) is 0.267. The van der Waals surface area contributed by atoms with E-state index in [1.807, 2.05) is 0 Å². The van der Waals surface area contributed by atoms with Gasteiger partial charge in [-0.15, -0.1) is 0 Å². The number of carbonyl (C=O) groups excluding carboxylic acids is 1. The van der Waals surface area contributed by atoms with Gasteiger partial charge in [0.2, 0.25) is 0 Å². The molecule has 0 bridgehead atoms. The van der Waals surface area contributed by atoms with Crippen LogP contribution in [0.4, 0.5) is 0 Å². The molecule has 0 radical (unpaired) electrons. The number of aromatic hydroxyl groups is 1. The Labute approximate surface area is 115 Å². The number of ether oxygens (including phenoxy) is 1. The van der Waals surface area contributed by atoms with Crippen LogP contribution in [0.15, 0.2) is 47.4 Å². The highest BCUT2D eigenvalue weighted by Crippen LogP contribution is 2.39. The van der Waals surface area contributed by atoms with Crippen molar-refractivity contribution >= 4 is 5.78 Å². The van der Waals surface area contributed by atoms with Gasteiger partial charge in [0.15, 0.2) is 5.78 Å². The number of hydrogen-bond donors (Lipinski definition) is 3. The summed E-state index contributed by atoms with van der Waals surface area (Å²) in [5, 5.41) is 29.2. The van der Waals surface area contributed by atoms with E-state index in [1.165, 1.54) is 18.2 Å². The van der Waals surface area contributed by atoms with Gasteiger partial charge in [0.05, 0.1) is 11.7 Å². The molecule has 0 aromatic heterocycles. The molecule has 20 heavy (non-hydrogen) atoms. The molecule has 0 fully saturated rings. The van der Waals surface area contributed by atoms with Crippen LogP contribution in [0.1, 0.15) is 24.5 Å². The first kappa shape index (κ1) is 12.7. The Morgan fingerprint density at radius 3 is 2.50 bits per heavy atom. The number of carbonyl (C=O) groups is 1. The smallest absolute Gasteiger partial charge is 0.162 e. The van der Waals surface area contributed by atoms with E-state index in [0.29, 0.717) is 5.57 Å². The molecule has 3 rings (SSSR count). The van der Waals surface area contributed by atoms with Gasteiger partial charge in [0.25, 0.3) is 0 Å². The summed E-state index contributed by atoms with van der Waals surface area (Å²) >= 11 is 0. The van der Waals surface area contributed by atoms with Crippen LogP contribution >= 0.6 is 0 Å². The maximum absolute atomic E-state index is 11.5. The summed E-state index contributed by atoms with van der Waals surface area (Å²) in [5.41, 5.74) is 1.08. The van der Waals surface area contributed by atoms with Crippen molar-refractivity contribution < 1.29 is 24.9 Å². The number of hydrogen-bond acceptors (Lipinski definition) is 5. The molecular formula is C15H14O5. The molecule has 5 heteroatoms. The zero-order valence-corrected chi connectivity index (χ0v) is 10.6. The summed E-state index contributed by atoms with van der Waals surface area (Å²) < 4.78 is 5.71. The predicted octanol–water partition coefficient (Wildman–Crippen LogP) is 1.88. The molecule has 1 aromatic carbocycles. The molecule has 0 spiro atoms. The predicted molar refractivity (Wildman–Crippen MR) is 69.9 cm³/mol. The van der Waals surface area contributed by atoms with E-state index < -0.39 is 12.2 Å². The number of aliphatic hydroxyl groups excluding tert-OH is 2. The molecule has 0 saturated heterocycles. The van der Waals surface area contributed by atoms with Crippen LogP contribution in [0.2, 0.25) is 0 Å². The maximum atomic E-state index is 11.5. The molecule has 1 aliphatic carbocycles. The van der Waals surface area contributed by atoms with Gasteiger partial charge < -0.3 is 20.1 Å². The van der Waals surface area contributed by atoms with E-state index in [1.54, 1.807) is 12.1 Å². The van der Waals surface area contributed by atoms with E-state index in [9.17, 15) is 20.1 Å². The number of fused-ring (bicyclic) bond motifs is 1. The topological polar surface area (TPSA) is 87.0 Å². The highest BCUT2D eigenvalue weighted by atomic mass is 16.5. The van der Waals surface area contributed by atoms with Gasteiger partial charge in [0.1, 0.15) is 23.4 Å². The summed E-state index contributed by atoms with van der Waals surface area (Å²) in [5.74, 6) is 0.194. The molecule has 2 unspecified atom stereocenters. The number of allylic oxidation sites excluding steroid dienone is 1. The Morgan fingerprint density at radius 1 is 1.10 bits per heavy atom. The van der Waals surface area contributed by atoms with Crippen molar-refractivity contribution in [1.82, 2.24) is 0 Å². The lowest BCUT2D eigenvalue weighted by Gasteiger charge is -2.32. The number of benzene rings is 1. The Morgan fingerprint density at radius 2 is 1.80 bits per heavy atom. The van der Waals surface area contributed by atoms with Gasteiger partial charge in [-0.2, -0.15) is 0 Å². The highest BCUT2D eigenvalue weighted by Gasteiger charge is 2.35. The second kappa shape index (κ2) is 4.68. The van der Waals surface area contributed by atoms with E-state index in [0.717, 1.165) is 5.56 Å². The van der Waals surface area contributed by atoms with Gasteiger partial charge in [-0.3, -0.25) is 4.79 Å². The summed E-state index contributed by atoms with van der Waals surface area (Å²) in [4.78, 5) is 11.5. The molecule has 1 aliphatic heterocycles. The molecule has 3 N–H and O–H groups in total. The zero-order valence-electron chi connectivity index (χ0n) is 10.6. The number of phenols is 1. The van der Waals surface area contributed by atoms with Crippen molar-refractivity contribution in [1.29, 1.82) is 0 Å². The average molecular weight is 274 g/mol. The van der Waals surface area contributed by atoms with Crippen molar-refractivity contribution in [2.24, 2.45) is 0 Å². The fourth-order valence-electron chi connectivity index (χ4n) is 2.53. The number of ketones is 1. The Kier molecular flexibility index (Phi) is 2.99. The molecule has 1 heterocycles. The second-order valence-electron chi connectivity index (χ2n) is 4.96. The second-order valence-corrected chi connectivity index (χ2v) is 4.96. The van der Waals surface area contributed by atoms with E-state index in [-0.39, 0.29) is 35.9 Å². The van der Waals surface area contributed by atoms with Crippen molar-refractivity contribution in [2.75, 3.05) is 0 Å². The zero-order chi connectivity index (χ0) is 14.3. The van der Waals surface area contributed by atoms with Crippen LogP contribution in [-0.4, -0.2) is 27.2 Å². The van der Waals surface area contributed by atoms with Crippen molar-refractivity contribution in [3.05, 3.63) is 53.0 Å². The van der Waals surface area contributed by atoms with Gasteiger partial charge in [-0.1, -0.05) is 12.1 Å². The lowest BCUT2D eigenvalue weighted by molar-refractivity contribution is -0.117.